The third-order valence-electron chi connectivity index (χ3n) is 22.3. The zero-order valence-corrected chi connectivity index (χ0v) is 82.8. The number of carbonyl (C=O) groups is 20. The maximum atomic E-state index is 15.0. The van der Waals surface area contributed by atoms with Crippen LogP contribution in [-0.4, -0.2) is 299 Å². The molecule has 0 bridgehead atoms. The lowest BCUT2D eigenvalue weighted by Gasteiger charge is -2.30. The number of hydrogen-bond acceptors (Lipinski definition) is 28. The molecule has 2 aromatic carbocycles. The van der Waals surface area contributed by atoms with Gasteiger partial charge in [-0.05, 0) is 163 Å². The molecule has 0 aliphatic carbocycles. The number of phenols is 2. The summed E-state index contributed by atoms with van der Waals surface area (Å²) in [7, 11) is 0. The van der Waals surface area contributed by atoms with Crippen LogP contribution in [0.2, 0.25) is 0 Å². The van der Waals surface area contributed by atoms with Crippen molar-refractivity contribution in [3.8, 4) is 11.5 Å². The fourth-order valence-electron chi connectivity index (χ4n) is 14.3. The second-order valence-electron chi connectivity index (χ2n) is 36.9. The van der Waals surface area contributed by atoms with Gasteiger partial charge in [0.2, 0.25) is 100 Å². The van der Waals surface area contributed by atoms with Crippen LogP contribution in [0.1, 0.15) is 197 Å². The Labute approximate surface area is 827 Å². The van der Waals surface area contributed by atoms with Gasteiger partial charge in [0.15, 0.2) is 5.96 Å². The number of imidazole rings is 1. The van der Waals surface area contributed by atoms with Gasteiger partial charge in [-0.1, -0.05) is 93.5 Å². The Morgan fingerprint density at radius 3 is 1.09 bits per heavy atom. The Balaban J connectivity index is 1.96. The van der Waals surface area contributed by atoms with Gasteiger partial charge in [-0.15, -0.1) is 0 Å². The molecule has 143 heavy (non-hydrogen) atoms. The summed E-state index contributed by atoms with van der Waals surface area (Å²) in [5.74, 6) is -25.5. The van der Waals surface area contributed by atoms with Crippen LogP contribution in [0.3, 0.4) is 0 Å². The van der Waals surface area contributed by atoms with Crippen molar-refractivity contribution < 1.29 is 132 Å². The first-order chi connectivity index (χ1) is 67.0. The predicted octanol–water partition coefficient (Wildman–Crippen LogP) is -5.94. The smallest absolute Gasteiger partial charge is 0.326 e. The number of nitrogens with zero attached hydrogens (tertiary/aromatic N) is 2. The van der Waals surface area contributed by atoms with E-state index >= 15 is 4.79 Å². The molecule has 1 heterocycles. The first kappa shape index (κ1) is 123. The number of hydrogen-bond donors (Lipinski definition) is 29. The predicted molar refractivity (Wildman–Crippen MR) is 516 cm³/mol. The SMILES string of the molecule is CC(C)C[C@H](NC(=O)[C@H](Cc1ccc(O)cc1)NC(=O)[C@H](CC(C)C)NC(=O)[C@H](CCC(=O)O)NC(=O)[C@@H](NC(=O)[C@H](Cc1ccc(O)cc1)NC(=O)[C@@H](NC(=O)[C@H](C)NC(=O)[C@H](CCCCN)NC(=O)[C@@H](N)CCCN=C(N)N)C(C)C)C(C)C)C(=O)N[C@@H](CCC(N)=O)C(=O)N[C@@H](CO)C(=O)N[C@@H](CC(C)C)C(=O)N[C@H](C(=O)N[C@@H](C)C(=O)N[C@@H](CCC(=O)O)C(=O)N[C@@H](Cc1c[nH]cn1)C(=O)O)[C@@H](C)O. The highest BCUT2D eigenvalue weighted by Crippen LogP contribution is 2.20. The number of amides is 17. The number of aromatic hydroxyl groups is 2. The van der Waals surface area contributed by atoms with Crippen LogP contribution >= 0.6 is 0 Å². The van der Waals surface area contributed by atoms with Crippen molar-refractivity contribution in [2.24, 2.45) is 63.3 Å². The highest BCUT2D eigenvalue weighted by atomic mass is 16.4. The van der Waals surface area contributed by atoms with E-state index in [1.165, 1.54) is 81.8 Å². The molecular weight excluding hydrogens is 1870 g/mol. The number of rotatable bonds is 66. The summed E-state index contributed by atoms with van der Waals surface area (Å²) < 4.78 is 0. The van der Waals surface area contributed by atoms with Gasteiger partial charge in [0.05, 0.1) is 30.8 Å². The van der Waals surface area contributed by atoms with Crippen molar-refractivity contribution in [1.82, 2.24) is 95.0 Å². The first-order valence-corrected chi connectivity index (χ1v) is 47.2. The van der Waals surface area contributed by atoms with E-state index in [2.05, 4.69) is 100 Å². The summed E-state index contributed by atoms with van der Waals surface area (Å²) >= 11 is 0. The molecule has 51 nitrogen and oxygen atoms in total. The summed E-state index contributed by atoms with van der Waals surface area (Å²) in [5.41, 5.74) is 29.0. The molecule has 0 fully saturated rings. The quantitative estimate of drug-likeness (QED) is 0.0142. The maximum Gasteiger partial charge on any atom is 0.326 e. The molecule has 3 rings (SSSR count). The summed E-state index contributed by atoms with van der Waals surface area (Å²) in [5, 5.41) is 111. The first-order valence-electron chi connectivity index (χ1n) is 47.2. The van der Waals surface area contributed by atoms with E-state index in [-0.39, 0.29) is 81.2 Å². The Kier molecular flexibility index (Phi) is 53.4. The molecule has 0 radical (unpaired) electrons. The molecular formula is C92H146N24O27. The van der Waals surface area contributed by atoms with Crippen LogP contribution in [0.25, 0.3) is 0 Å². The number of aliphatic hydroxyl groups excluding tert-OH is 2. The number of aliphatic imine (C=N–C) groups is 1. The monoisotopic (exact) mass is 2020 g/mol. The molecule has 0 spiro atoms. The number of nitrogens with one attached hydrogen (secondary N) is 17. The number of aliphatic carboxylic acids is 3. The van der Waals surface area contributed by atoms with E-state index in [1.54, 1.807) is 55.4 Å². The number of aromatic nitrogens is 2. The van der Waals surface area contributed by atoms with Crippen LogP contribution in [0.15, 0.2) is 66.0 Å². The van der Waals surface area contributed by atoms with Crippen molar-refractivity contribution in [3.05, 3.63) is 77.9 Å². The summed E-state index contributed by atoms with van der Waals surface area (Å²) in [4.78, 5) is 287. The topological polar surface area (TPSA) is 847 Å². The molecule has 0 saturated carbocycles. The minimum absolute atomic E-state index is 0.103. The van der Waals surface area contributed by atoms with Crippen LogP contribution in [0.5, 0.6) is 11.5 Å². The number of H-pyrrole nitrogens is 1. The number of carboxylic acids is 3. The van der Waals surface area contributed by atoms with Crippen molar-refractivity contribution in [2.45, 2.75) is 308 Å². The Hall–Kier alpha value is -14.2. The zero-order chi connectivity index (χ0) is 108. The summed E-state index contributed by atoms with van der Waals surface area (Å²) in [6, 6.07) is -16.4. The third-order valence-corrected chi connectivity index (χ3v) is 22.3. The second kappa shape index (κ2) is 62.1. The van der Waals surface area contributed by atoms with Gasteiger partial charge in [-0.25, -0.2) is 9.78 Å². The van der Waals surface area contributed by atoms with Crippen molar-refractivity contribution >= 4 is 124 Å². The van der Waals surface area contributed by atoms with Gasteiger partial charge < -0.3 is 154 Å². The molecule has 1 aromatic heterocycles. The van der Waals surface area contributed by atoms with Gasteiger partial charge in [0.25, 0.3) is 0 Å². The number of primary amides is 1. The molecule has 51 heteroatoms. The largest absolute Gasteiger partial charge is 0.508 e. The van der Waals surface area contributed by atoms with Gasteiger partial charge in [0.1, 0.15) is 108 Å². The molecule has 0 aliphatic heterocycles. The lowest BCUT2D eigenvalue weighted by atomic mass is 9.98. The number of aliphatic hydroxyl groups is 2. The number of carbonyl (C=O) groups excluding carboxylic acids is 17. The third kappa shape index (κ3) is 45.9. The van der Waals surface area contributed by atoms with E-state index < -0.39 is 308 Å². The normalized spacial score (nSPS) is 15.1. The van der Waals surface area contributed by atoms with Crippen molar-refractivity contribution in [1.29, 1.82) is 0 Å². The molecule has 0 aliphatic rings. The second-order valence-corrected chi connectivity index (χ2v) is 36.9. The summed E-state index contributed by atoms with van der Waals surface area (Å²) in [6.45, 7) is 18.8. The Bertz CT molecular complexity index is 4790. The lowest BCUT2D eigenvalue weighted by molar-refractivity contribution is -0.143. The Morgan fingerprint density at radius 2 is 0.692 bits per heavy atom. The molecule has 3 aromatic rings. The van der Waals surface area contributed by atoms with Crippen molar-refractivity contribution in [3.63, 3.8) is 0 Å². The fraction of sp³-hybridized carbons (Fsp3) is 0.609. The highest BCUT2D eigenvalue weighted by molar-refractivity contribution is 6.02. The van der Waals surface area contributed by atoms with E-state index in [4.69, 9.17) is 28.7 Å². The summed E-state index contributed by atoms with van der Waals surface area (Å²) in [6.07, 6.45) is -3.20. The highest BCUT2D eigenvalue weighted by Gasteiger charge is 2.41. The number of benzene rings is 2. The molecule has 796 valence electrons. The van der Waals surface area contributed by atoms with E-state index in [0.29, 0.717) is 30.4 Å². The van der Waals surface area contributed by atoms with Crippen LogP contribution in [-0.2, 0) is 115 Å². The fourth-order valence-corrected chi connectivity index (χ4v) is 14.3. The molecule has 34 N–H and O–H groups in total. The zero-order valence-electron chi connectivity index (χ0n) is 82.8. The number of guanidine groups is 1. The van der Waals surface area contributed by atoms with Crippen molar-refractivity contribution in [2.75, 3.05) is 19.7 Å². The van der Waals surface area contributed by atoms with Gasteiger partial charge >= 0.3 is 17.9 Å². The Morgan fingerprint density at radius 1 is 0.364 bits per heavy atom. The van der Waals surface area contributed by atoms with Crippen LogP contribution < -0.4 is 114 Å². The number of unbranched alkanes of at least 4 members (excludes halogenated alkanes) is 1. The molecule has 0 unspecified atom stereocenters. The lowest BCUT2D eigenvalue weighted by Crippen LogP contribution is -2.62. The average molecular weight is 2020 g/mol. The minimum atomic E-state index is -1.98. The van der Waals surface area contributed by atoms with Crippen LogP contribution in [0.4, 0.5) is 0 Å². The van der Waals surface area contributed by atoms with Gasteiger partial charge in [0, 0.05) is 51.3 Å². The van der Waals surface area contributed by atoms with Crippen LogP contribution in [0, 0.1) is 29.6 Å². The van der Waals surface area contributed by atoms with E-state index in [9.17, 15) is 127 Å². The average Bonchev–Trinajstić information content (AvgIpc) is 1.09. The standard InChI is InChI=1S/C92H146N24O27/c1-44(2)35-62(82(133)105-59(27-30-69(95)121)81(132)113-68(42-117)87(138)109-64(37-46(5)6)85(136)116-74(51(13)118)90(141)102-49(11)75(126)103-60(28-31-70(122)123)80(131)112-67(91(142)143)40-54-41-98-43-100-54)108-84(135)65(38-52-19-23-55(119)24-20-52)110-83(134)63(36-45(3)4)107-79(130)61(29-32-71(124)125)106-88(139)73(48(9)10)115-86(137)66(39-53-21-25-56(120)26-22-53)111-89(140)72(47(7)8)114-76(127)50(12)101-78(129)58(18-14-15-33-93)104-77(128)57(94)17-16-34-99-92(96)97/h19-26,41,43-51,57-68,72-74,117-120H,14-18,27-40,42,93-94H2,1-13H3,(H2,95,121)(H,98,100)(H,101,129)(H,102,141)(H,103,126)(H,104,128)(H,105,133)(H,106,139)(H,107,130)(H,108,135)(H,109,138)(H,110,134)(H,111,140)(H,112,131)(H,113,132)(H,114,127)(H,115,137)(H,116,136)(H,122,123)(H,124,125)(H,142,143)(H4,96,97,99)/t49-,50-,51+,57-,58-,59-,60-,61-,62-,63-,64-,65-,66-,67-,68-,72-,73-,74-/m0/s1. The number of phenolic OH excluding ortho intramolecular Hbond substituents is 2. The number of carboxylic acid groups (broad SMARTS) is 3. The van der Waals surface area contributed by atoms with E-state index in [1.807, 2.05) is 0 Å². The molecule has 18 atom stereocenters. The molecule has 17 amide bonds. The minimum Gasteiger partial charge on any atom is -0.508 e. The number of nitrogens with two attached hydrogens (primary N) is 5. The molecule has 0 saturated heterocycles. The van der Waals surface area contributed by atoms with Gasteiger partial charge in [-0.2, -0.15) is 0 Å². The number of aromatic amines is 1. The van der Waals surface area contributed by atoms with E-state index in [0.717, 1.165) is 13.8 Å². The van der Waals surface area contributed by atoms with Gasteiger partial charge in [-0.3, -0.25) is 96.1 Å². The maximum absolute atomic E-state index is 15.0.